The van der Waals surface area contributed by atoms with E-state index in [1.807, 2.05) is 16.5 Å². The average molecular weight is 369 g/mol. The molecule has 2 aliphatic rings. The van der Waals surface area contributed by atoms with Gasteiger partial charge in [0.1, 0.15) is 0 Å². The maximum atomic E-state index is 12.5. The van der Waals surface area contributed by atoms with Crippen molar-refractivity contribution >= 4 is 5.91 Å². The Balaban J connectivity index is 1.30. The van der Waals surface area contributed by atoms with Crippen LogP contribution in [-0.2, 0) is 20.7 Å². The molecule has 1 spiro atoms. The number of likely N-dealkylation sites (tertiary alicyclic amines) is 1. The van der Waals surface area contributed by atoms with Gasteiger partial charge in [-0.3, -0.25) is 4.79 Å². The van der Waals surface area contributed by atoms with Crippen molar-refractivity contribution in [1.29, 1.82) is 0 Å². The van der Waals surface area contributed by atoms with Crippen LogP contribution in [0.4, 0.5) is 0 Å². The lowest BCUT2D eigenvalue weighted by molar-refractivity contribution is -0.187. The largest absolute Gasteiger partial charge is 0.347 e. The summed E-state index contributed by atoms with van der Waals surface area (Å²) in [6.07, 6.45) is 2.84. The summed E-state index contributed by atoms with van der Waals surface area (Å²) in [5.41, 5.74) is 4.35. The lowest BCUT2D eigenvalue weighted by atomic mass is 10.0. The molecule has 144 valence electrons. The minimum absolute atomic E-state index is 0.213. The highest BCUT2D eigenvalue weighted by Gasteiger charge is 2.40. The fraction of sp³-hybridized carbons (Fsp3) is 0.524. The van der Waals surface area contributed by atoms with Crippen LogP contribution in [0, 0.1) is 13.8 Å². The number of ether oxygens (including phenoxy) is 2. The van der Waals surface area contributed by atoms with Gasteiger partial charge in [0.25, 0.3) is 0 Å². The van der Waals surface area contributed by atoms with Crippen LogP contribution in [0.15, 0.2) is 30.3 Å². The van der Waals surface area contributed by atoms with Gasteiger partial charge in [0.15, 0.2) is 5.79 Å². The van der Waals surface area contributed by atoms with Crippen LogP contribution in [0.1, 0.15) is 36.2 Å². The van der Waals surface area contributed by atoms with E-state index in [9.17, 15) is 4.79 Å². The third kappa shape index (κ3) is 3.92. The summed E-state index contributed by atoms with van der Waals surface area (Å²) in [6.45, 7) is 6.82. The van der Waals surface area contributed by atoms with Gasteiger partial charge in [-0.1, -0.05) is 12.1 Å². The summed E-state index contributed by atoms with van der Waals surface area (Å²) in [5, 5.41) is 4.51. The van der Waals surface area contributed by atoms with Crippen molar-refractivity contribution < 1.29 is 14.3 Å². The number of rotatable bonds is 4. The Morgan fingerprint density at radius 2 is 1.78 bits per heavy atom. The average Bonchev–Trinajstić information content (AvgIpc) is 3.27. The van der Waals surface area contributed by atoms with Crippen molar-refractivity contribution in [1.82, 2.24) is 14.7 Å². The highest BCUT2D eigenvalue weighted by molar-refractivity contribution is 5.76. The maximum Gasteiger partial charge on any atom is 0.222 e. The smallest absolute Gasteiger partial charge is 0.222 e. The Hall–Kier alpha value is -2.18. The molecule has 2 aromatic rings. The zero-order chi connectivity index (χ0) is 18.9. The monoisotopic (exact) mass is 369 g/mol. The molecule has 4 rings (SSSR count). The van der Waals surface area contributed by atoms with Gasteiger partial charge in [-0.25, -0.2) is 4.68 Å². The first-order valence-electron chi connectivity index (χ1n) is 9.73. The minimum Gasteiger partial charge on any atom is -0.347 e. The van der Waals surface area contributed by atoms with Crippen molar-refractivity contribution in [3.63, 3.8) is 0 Å². The van der Waals surface area contributed by atoms with Gasteiger partial charge < -0.3 is 14.4 Å². The number of nitrogens with zero attached hydrogens (tertiary/aromatic N) is 3. The van der Waals surface area contributed by atoms with Gasteiger partial charge in [-0.2, -0.15) is 5.10 Å². The first-order chi connectivity index (χ1) is 13.0. The molecule has 0 aliphatic carbocycles. The van der Waals surface area contributed by atoms with E-state index in [1.165, 1.54) is 5.56 Å². The van der Waals surface area contributed by atoms with E-state index in [0.29, 0.717) is 19.6 Å². The molecule has 6 nitrogen and oxygen atoms in total. The van der Waals surface area contributed by atoms with Crippen molar-refractivity contribution in [2.24, 2.45) is 0 Å². The molecular weight excluding hydrogens is 342 g/mol. The van der Waals surface area contributed by atoms with E-state index in [2.05, 4.69) is 42.4 Å². The Bertz CT molecular complexity index is 797. The third-order valence-corrected chi connectivity index (χ3v) is 5.51. The molecular formula is C21H27N3O3. The van der Waals surface area contributed by atoms with Crippen molar-refractivity contribution in [3.8, 4) is 5.69 Å². The topological polar surface area (TPSA) is 56.6 Å². The fourth-order valence-corrected chi connectivity index (χ4v) is 3.99. The molecule has 1 aromatic heterocycles. The van der Waals surface area contributed by atoms with E-state index in [-0.39, 0.29) is 5.91 Å². The molecule has 3 heterocycles. The van der Waals surface area contributed by atoms with E-state index >= 15 is 0 Å². The SMILES string of the molecule is Cc1cc(C)n(-c2ccc(CCC(=O)N3CCC4(CC3)OCCO4)cc2)n1. The van der Waals surface area contributed by atoms with E-state index in [0.717, 1.165) is 49.4 Å². The molecule has 2 saturated heterocycles. The van der Waals surface area contributed by atoms with Crippen LogP contribution in [0.3, 0.4) is 0 Å². The predicted molar refractivity (Wildman–Crippen MR) is 102 cm³/mol. The molecule has 1 amide bonds. The molecule has 0 atom stereocenters. The fourth-order valence-electron chi connectivity index (χ4n) is 3.99. The molecule has 0 unspecified atom stereocenters. The highest BCUT2D eigenvalue weighted by Crippen LogP contribution is 2.31. The zero-order valence-electron chi connectivity index (χ0n) is 16.1. The number of aryl methyl sites for hydroxylation is 3. The Morgan fingerprint density at radius 3 is 2.37 bits per heavy atom. The first kappa shape index (κ1) is 18.2. The van der Waals surface area contributed by atoms with Crippen LogP contribution in [0.25, 0.3) is 5.69 Å². The van der Waals surface area contributed by atoms with Crippen molar-refractivity contribution in [2.75, 3.05) is 26.3 Å². The highest BCUT2D eigenvalue weighted by atomic mass is 16.7. The zero-order valence-corrected chi connectivity index (χ0v) is 16.1. The maximum absolute atomic E-state index is 12.5. The van der Waals surface area contributed by atoms with Crippen LogP contribution >= 0.6 is 0 Å². The number of piperidine rings is 1. The molecule has 6 heteroatoms. The summed E-state index contributed by atoms with van der Waals surface area (Å²) >= 11 is 0. The summed E-state index contributed by atoms with van der Waals surface area (Å²) in [4.78, 5) is 14.5. The molecule has 2 fully saturated rings. The number of carbonyl (C=O) groups is 1. The van der Waals surface area contributed by atoms with E-state index in [1.54, 1.807) is 0 Å². The number of carbonyl (C=O) groups excluding carboxylic acids is 1. The van der Waals surface area contributed by atoms with E-state index < -0.39 is 5.79 Å². The van der Waals surface area contributed by atoms with Gasteiger partial charge >= 0.3 is 0 Å². The Morgan fingerprint density at radius 1 is 1.11 bits per heavy atom. The quantitative estimate of drug-likeness (QED) is 0.832. The number of amides is 1. The lowest BCUT2D eigenvalue weighted by Crippen LogP contribution is -2.47. The molecule has 0 bridgehead atoms. The van der Waals surface area contributed by atoms with Gasteiger partial charge in [-0.15, -0.1) is 0 Å². The molecule has 27 heavy (non-hydrogen) atoms. The van der Waals surface area contributed by atoms with Gasteiger partial charge in [0.2, 0.25) is 5.91 Å². The summed E-state index contributed by atoms with van der Waals surface area (Å²) < 4.78 is 13.4. The Kier molecular flexibility index (Phi) is 5.02. The van der Waals surface area contributed by atoms with Crippen LogP contribution in [0.2, 0.25) is 0 Å². The normalized spacial score (nSPS) is 19.0. The molecule has 0 N–H and O–H groups in total. The summed E-state index contributed by atoms with van der Waals surface area (Å²) in [7, 11) is 0. The van der Waals surface area contributed by atoms with Crippen LogP contribution < -0.4 is 0 Å². The van der Waals surface area contributed by atoms with Crippen molar-refractivity contribution in [3.05, 3.63) is 47.3 Å². The molecule has 0 radical (unpaired) electrons. The summed E-state index contributed by atoms with van der Waals surface area (Å²) in [6, 6.07) is 10.4. The molecule has 2 aliphatic heterocycles. The number of aromatic nitrogens is 2. The van der Waals surface area contributed by atoms with Crippen molar-refractivity contribution in [2.45, 2.75) is 45.3 Å². The summed E-state index contributed by atoms with van der Waals surface area (Å²) in [5.74, 6) is -0.208. The van der Waals surface area contributed by atoms with Gasteiger partial charge in [0, 0.05) is 38.0 Å². The minimum atomic E-state index is -0.421. The second kappa shape index (κ2) is 7.44. The first-order valence-corrected chi connectivity index (χ1v) is 9.73. The third-order valence-electron chi connectivity index (χ3n) is 5.51. The van der Waals surface area contributed by atoms with Gasteiger partial charge in [-0.05, 0) is 44.0 Å². The number of hydrogen-bond donors (Lipinski definition) is 0. The molecule has 1 aromatic carbocycles. The number of hydrogen-bond acceptors (Lipinski definition) is 4. The second-order valence-corrected chi connectivity index (χ2v) is 7.49. The second-order valence-electron chi connectivity index (χ2n) is 7.49. The lowest BCUT2D eigenvalue weighted by Gasteiger charge is -2.37. The van der Waals surface area contributed by atoms with Gasteiger partial charge in [0.05, 0.1) is 24.6 Å². The van der Waals surface area contributed by atoms with Crippen LogP contribution in [-0.4, -0.2) is 52.7 Å². The molecule has 0 saturated carbocycles. The van der Waals surface area contributed by atoms with E-state index in [4.69, 9.17) is 9.47 Å². The Labute approximate surface area is 160 Å². The number of benzene rings is 1. The van der Waals surface area contributed by atoms with Crippen LogP contribution in [0.5, 0.6) is 0 Å². The standard InChI is InChI=1S/C21H27N3O3/c1-16-15-17(2)24(22-16)19-6-3-18(4-7-19)5-8-20(25)23-11-9-21(10-12-23)26-13-14-27-21/h3-4,6-7,15H,5,8-14H2,1-2H3. The predicted octanol–water partition coefficient (Wildman–Crippen LogP) is 2.79.